The number of amides is 1. The molecule has 9 heteroatoms. The van der Waals surface area contributed by atoms with Crippen molar-refractivity contribution in [2.24, 2.45) is 5.92 Å². The summed E-state index contributed by atoms with van der Waals surface area (Å²) < 4.78 is 5.79. The Balaban J connectivity index is 2.73. The standard InChI is InChI=1S/C51H53NO8/c1-3-5-7-9-11-13-15-17-18-19-20-21-22-23-24-25-26-27-29-31-33-35-37-39-47(55)52-44(42-60-46-40-43(41-53)48(56)51(59)50(46)58)49(57)45(54)38-36-34-32-30-28-16-14-12-10-8-6-4-2/h43-46,48-51,53-54,56-59H,4,6,8,10,12,14,16,28,30,32,34,36,38,40-42H2,1-2H3,(H,52,55)/t43?,44-,45+,46+,48-,49-,50?,51-/m0/s1. The van der Waals surface area contributed by atoms with E-state index < -0.39 is 61.1 Å². The van der Waals surface area contributed by atoms with Crippen LogP contribution >= 0.6 is 0 Å². The molecule has 1 amide bonds. The Bertz CT molecular complexity index is 2140. The molecule has 0 saturated heterocycles. The molecule has 0 bridgehead atoms. The van der Waals surface area contributed by atoms with Crippen LogP contribution in [-0.2, 0) is 9.53 Å². The highest BCUT2D eigenvalue weighted by Gasteiger charge is 2.43. The fraction of sp³-hybridized carbons (Fsp3) is 0.510. The minimum Gasteiger partial charge on any atom is -0.396 e. The van der Waals surface area contributed by atoms with E-state index >= 15 is 0 Å². The number of carbonyl (C=O) groups excluding carboxylic acids is 1. The summed E-state index contributed by atoms with van der Waals surface area (Å²) in [4.78, 5) is 12.7. The Hall–Kier alpha value is -6.09. The fourth-order valence-electron chi connectivity index (χ4n) is 5.69. The Morgan fingerprint density at radius 3 is 1.40 bits per heavy atom. The quantitative estimate of drug-likeness (QED) is 0.0726. The number of hydrogen-bond donors (Lipinski definition) is 7. The van der Waals surface area contributed by atoms with Gasteiger partial charge in [-0.2, -0.15) is 0 Å². The third-order valence-electron chi connectivity index (χ3n) is 8.91. The van der Waals surface area contributed by atoms with Crippen LogP contribution in [-0.4, -0.2) is 92.4 Å². The van der Waals surface area contributed by atoms with Gasteiger partial charge in [0.25, 0.3) is 5.91 Å². The molecule has 0 radical (unpaired) electrons. The summed E-state index contributed by atoms with van der Waals surface area (Å²) in [5.74, 6) is 57.9. The second kappa shape index (κ2) is 36.0. The summed E-state index contributed by atoms with van der Waals surface area (Å²) in [5.41, 5.74) is 0. The second-order valence-electron chi connectivity index (χ2n) is 13.5. The summed E-state index contributed by atoms with van der Waals surface area (Å²) in [7, 11) is 0. The number of nitrogens with one attached hydrogen (secondary N) is 1. The van der Waals surface area contributed by atoms with Gasteiger partial charge in [0.2, 0.25) is 0 Å². The van der Waals surface area contributed by atoms with Gasteiger partial charge in [0.05, 0.1) is 31.0 Å². The summed E-state index contributed by atoms with van der Waals surface area (Å²) in [6, 6.07) is -1.15. The van der Waals surface area contributed by atoms with Crippen molar-refractivity contribution in [1.82, 2.24) is 5.32 Å². The van der Waals surface area contributed by atoms with Crippen LogP contribution in [0.15, 0.2) is 0 Å². The van der Waals surface area contributed by atoms with Crippen LogP contribution in [0.4, 0.5) is 0 Å². The van der Waals surface area contributed by atoms with Crippen LogP contribution < -0.4 is 5.32 Å². The normalized spacial score (nSPS) is 17.8. The molecule has 9 nitrogen and oxygen atoms in total. The van der Waals surface area contributed by atoms with Crippen molar-refractivity contribution in [2.75, 3.05) is 13.2 Å². The van der Waals surface area contributed by atoms with Gasteiger partial charge < -0.3 is 40.7 Å². The minimum atomic E-state index is -1.56. The van der Waals surface area contributed by atoms with Gasteiger partial charge in [0, 0.05) is 54.0 Å². The third kappa shape index (κ3) is 26.0. The van der Waals surface area contributed by atoms with Gasteiger partial charge in [-0.05, 0) is 114 Å². The second-order valence-corrected chi connectivity index (χ2v) is 13.5. The highest BCUT2D eigenvalue weighted by atomic mass is 16.5. The highest BCUT2D eigenvalue weighted by molar-refractivity contribution is 5.94. The van der Waals surface area contributed by atoms with E-state index in [0.717, 1.165) is 19.3 Å². The fourth-order valence-corrected chi connectivity index (χ4v) is 5.69. The summed E-state index contributed by atoms with van der Waals surface area (Å²) in [5, 5.41) is 64.9. The summed E-state index contributed by atoms with van der Waals surface area (Å²) in [6.45, 7) is 3.09. The molecule has 1 saturated carbocycles. The predicted molar refractivity (Wildman–Crippen MR) is 232 cm³/mol. The summed E-state index contributed by atoms with van der Waals surface area (Å²) >= 11 is 0. The first-order chi connectivity index (χ1) is 29.3. The Kier molecular flexibility index (Phi) is 31.2. The first-order valence-electron chi connectivity index (χ1n) is 20.1. The molecule has 8 atom stereocenters. The third-order valence-corrected chi connectivity index (χ3v) is 8.91. The van der Waals surface area contributed by atoms with Crippen molar-refractivity contribution in [3.05, 3.63) is 0 Å². The first-order valence-corrected chi connectivity index (χ1v) is 20.1. The zero-order valence-electron chi connectivity index (χ0n) is 34.4. The zero-order valence-corrected chi connectivity index (χ0v) is 34.4. The molecule has 7 N–H and O–H groups in total. The smallest absolute Gasteiger partial charge is 0.297 e. The van der Waals surface area contributed by atoms with Crippen molar-refractivity contribution in [2.45, 2.75) is 146 Å². The molecular formula is C51H53NO8. The minimum absolute atomic E-state index is 0.0172. The molecule has 310 valence electrons. The zero-order chi connectivity index (χ0) is 43.9. The van der Waals surface area contributed by atoms with E-state index in [1.54, 1.807) is 6.92 Å². The Labute approximate surface area is 358 Å². The molecule has 0 heterocycles. The van der Waals surface area contributed by atoms with Crippen molar-refractivity contribution >= 4 is 5.91 Å². The van der Waals surface area contributed by atoms with Gasteiger partial charge in [0.15, 0.2) is 0 Å². The number of carbonyl (C=O) groups is 1. The average molecular weight is 808 g/mol. The van der Waals surface area contributed by atoms with Crippen molar-refractivity contribution < 1.29 is 40.2 Å². The molecule has 0 spiro atoms. The lowest BCUT2D eigenvalue weighted by Gasteiger charge is -2.40. The van der Waals surface area contributed by atoms with Crippen molar-refractivity contribution in [3.63, 3.8) is 0 Å². The molecule has 0 aromatic carbocycles. The maximum absolute atomic E-state index is 12.7. The van der Waals surface area contributed by atoms with Gasteiger partial charge in [-0.15, -0.1) is 0 Å². The Morgan fingerprint density at radius 2 is 0.983 bits per heavy atom. The first kappa shape index (κ1) is 51.9. The number of rotatable bonds is 20. The molecule has 1 fully saturated rings. The molecule has 0 aliphatic heterocycles. The van der Waals surface area contributed by atoms with Crippen molar-refractivity contribution in [1.29, 1.82) is 0 Å². The van der Waals surface area contributed by atoms with Gasteiger partial charge in [-0.25, -0.2) is 0 Å². The van der Waals surface area contributed by atoms with E-state index in [2.05, 4.69) is 154 Å². The Morgan fingerprint density at radius 1 is 0.583 bits per heavy atom. The monoisotopic (exact) mass is 807 g/mol. The lowest BCUT2D eigenvalue weighted by atomic mass is 9.81. The lowest BCUT2D eigenvalue weighted by Crippen LogP contribution is -2.57. The molecule has 1 aliphatic carbocycles. The number of ether oxygens (including phenoxy) is 1. The summed E-state index contributed by atoms with van der Waals surface area (Å²) in [6.07, 6.45) is 6.07. The van der Waals surface area contributed by atoms with E-state index in [0.29, 0.717) is 6.42 Å². The maximum Gasteiger partial charge on any atom is 0.297 e. The van der Waals surface area contributed by atoms with Crippen molar-refractivity contribution in [3.8, 4) is 142 Å². The maximum atomic E-state index is 12.7. The van der Waals surface area contributed by atoms with Crippen LogP contribution in [0.2, 0.25) is 0 Å². The molecule has 2 unspecified atom stereocenters. The molecule has 60 heavy (non-hydrogen) atoms. The lowest BCUT2D eigenvalue weighted by molar-refractivity contribution is -0.182. The van der Waals surface area contributed by atoms with Crippen LogP contribution in [0.3, 0.4) is 0 Å². The van der Waals surface area contributed by atoms with Crippen LogP contribution in [0.5, 0.6) is 0 Å². The van der Waals surface area contributed by atoms with E-state index in [1.807, 2.05) is 0 Å². The van der Waals surface area contributed by atoms with Crippen LogP contribution in [0.1, 0.15) is 104 Å². The topological polar surface area (TPSA) is 160 Å². The van der Waals surface area contributed by atoms with E-state index in [1.165, 1.54) is 51.4 Å². The van der Waals surface area contributed by atoms with E-state index in [9.17, 15) is 35.4 Å². The number of hydrogen-bond acceptors (Lipinski definition) is 8. The number of aliphatic hydroxyl groups is 6. The largest absolute Gasteiger partial charge is 0.396 e. The molecule has 0 aromatic rings. The SMILES string of the molecule is CC#CC#CC#CC#CC#CC#CC#CC#CC#CC#CC#CC#CC(=O)N[C@@H](CO[C@@H]1CC(CO)[C@H](O)[C@H](O)C1O)[C@H](O)[C@H](O)CCCCCCCCCCCCCC. The predicted octanol–water partition coefficient (Wildman–Crippen LogP) is 1.83. The average Bonchev–Trinajstić information content (AvgIpc) is 3.25. The molecular weight excluding hydrogens is 755 g/mol. The molecule has 0 aromatic heterocycles. The molecule has 1 aliphatic rings. The van der Waals surface area contributed by atoms with Gasteiger partial charge >= 0.3 is 0 Å². The number of unbranched alkanes of at least 4 members (excludes halogenated alkanes) is 11. The molecule has 1 rings (SSSR count). The van der Waals surface area contributed by atoms with E-state index in [4.69, 9.17) is 4.74 Å². The highest BCUT2D eigenvalue weighted by Crippen LogP contribution is 2.28. The van der Waals surface area contributed by atoms with Crippen LogP contribution in [0.25, 0.3) is 0 Å². The van der Waals surface area contributed by atoms with E-state index in [-0.39, 0.29) is 19.4 Å². The van der Waals surface area contributed by atoms with Gasteiger partial charge in [-0.3, -0.25) is 4.79 Å². The van der Waals surface area contributed by atoms with Crippen LogP contribution in [0, 0.1) is 148 Å². The van der Waals surface area contributed by atoms with Gasteiger partial charge in [0.1, 0.15) is 18.3 Å². The number of aliphatic hydroxyl groups excluding tert-OH is 6. The van der Waals surface area contributed by atoms with Gasteiger partial charge in [-0.1, -0.05) is 89.9 Å².